The number of nitrogen functional groups attached to an aromatic ring is 2. The van der Waals surface area contributed by atoms with Crippen molar-refractivity contribution in [1.82, 2.24) is 19.5 Å². The van der Waals surface area contributed by atoms with Crippen molar-refractivity contribution in [3.8, 4) is 6.07 Å². The molecular weight excluding hydrogens is 378 g/mol. The quantitative estimate of drug-likeness (QED) is 0.678. The van der Waals surface area contributed by atoms with E-state index in [2.05, 4.69) is 15.0 Å². The monoisotopic (exact) mass is 397 g/mol. The lowest BCUT2D eigenvalue weighted by Crippen LogP contribution is -2.32. The van der Waals surface area contributed by atoms with E-state index in [-0.39, 0.29) is 22.8 Å². The smallest absolute Gasteiger partial charge is 0.263 e. The lowest BCUT2D eigenvalue weighted by Gasteiger charge is -2.29. The highest BCUT2D eigenvalue weighted by Crippen LogP contribution is 2.32. The fraction of sp³-hybridized carbons (Fsp3) is 0.316. The number of rotatable bonds is 2. The van der Waals surface area contributed by atoms with Crippen molar-refractivity contribution in [2.75, 3.05) is 11.5 Å². The molecule has 0 radical (unpaired) electrons. The molecule has 1 saturated carbocycles. The summed E-state index contributed by atoms with van der Waals surface area (Å²) in [6.45, 7) is 2.04. The molecule has 2 heterocycles. The number of fused-ring (bicyclic) bond motifs is 1. The summed E-state index contributed by atoms with van der Waals surface area (Å²) in [5.74, 6) is 1.12. The zero-order valence-corrected chi connectivity index (χ0v) is 16.1. The van der Waals surface area contributed by atoms with Crippen LogP contribution in [0.2, 0.25) is 5.02 Å². The molecule has 4 rings (SSSR count). The molecule has 0 saturated heterocycles. The third-order valence-electron chi connectivity index (χ3n) is 4.73. The maximum Gasteiger partial charge on any atom is 0.263 e. The highest BCUT2D eigenvalue weighted by Gasteiger charge is 2.24. The average Bonchev–Trinajstić information content (AvgIpc) is 2.63. The number of aryl methyl sites for hydroxylation is 1. The van der Waals surface area contributed by atoms with Gasteiger partial charge >= 0.3 is 0 Å². The fourth-order valence-corrected chi connectivity index (χ4v) is 3.30. The van der Waals surface area contributed by atoms with Gasteiger partial charge in [-0.25, -0.2) is 15.0 Å². The molecule has 0 amide bonds. The van der Waals surface area contributed by atoms with Gasteiger partial charge in [0.15, 0.2) is 0 Å². The minimum absolute atomic E-state index is 0.0205. The van der Waals surface area contributed by atoms with Gasteiger partial charge in [-0.1, -0.05) is 24.6 Å². The Hall–Kier alpha value is -3.18. The number of hydrogen-bond donors (Lipinski definition) is 2. The maximum absolute atomic E-state index is 12.6. The molecule has 0 bridgehead atoms. The first kappa shape index (κ1) is 19.6. The van der Waals surface area contributed by atoms with Crippen LogP contribution in [0, 0.1) is 11.3 Å². The molecule has 1 aromatic carbocycles. The highest BCUT2D eigenvalue weighted by atomic mass is 35.5. The van der Waals surface area contributed by atoms with Crippen LogP contribution in [0.15, 0.2) is 29.3 Å². The van der Waals surface area contributed by atoms with Crippen LogP contribution in [0.5, 0.6) is 0 Å². The number of aromatic nitrogens is 4. The van der Waals surface area contributed by atoms with Gasteiger partial charge in [0.05, 0.1) is 15.9 Å². The Kier molecular flexibility index (Phi) is 5.76. The van der Waals surface area contributed by atoms with Crippen molar-refractivity contribution in [2.45, 2.75) is 38.6 Å². The summed E-state index contributed by atoms with van der Waals surface area (Å²) in [6, 6.07) is 7.55. The fourth-order valence-electron chi connectivity index (χ4n) is 3.05. The zero-order valence-electron chi connectivity index (χ0n) is 15.4. The van der Waals surface area contributed by atoms with E-state index in [0.717, 1.165) is 25.1 Å². The third-order valence-corrected chi connectivity index (χ3v) is 5.04. The summed E-state index contributed by atoms with van der Waals surface area (Å²) in [4.78, 5) is 24.3. The van der Waals surface area contributed by atoms with Gasteiger partial charge in [-0.05, 0) is 31.4 Å². The lowest BCUT2D eigenvalue weighted by atomic mass is 9.92. The molecule has 1 aliphatic rings. The van der Waals surface area contributed by atoms with Gasteiger partial charge in [-0.2, -0.15) is 5.26 Å². The van der Waals surface area contributed by atoms with E-state index in [4.69, 9.17) is 28.3 Å². The summed E-state index contributed by atoms with van der Waals surface area (Å²) in [6.07, 6.45) is 5.33. The normalized spacial score (nSPS) is 13.3. The van der Waals surface area contributed by atoms with E-state index in [1.165, 1.54) is 12.7 Å². The molecular formula is C19H20ClN7O. The number of nitrogens with two attached hydrogens (primary N) is 2. The maximum atomic E-state index is 12.6. The number of benzene rings is 1. The molecule has 0 aliphatic heterocycles. The molecule has 0 spiro atoms. The van der Waals surface area contributed by atoms with Gasteiger partial charge in [0, 0.05) is 12.5 Å². The number of nitrogens with zero attached hydrogens (tertiary/aromatic N) is 5. The van der Waals surface area contributed by atoms with Gasteiger partial charge in [0.25, 0.3) is 5.56 Å². The average molecular weight is 398 g/mol. The molecule has 1 aliphatic carbocycles. The predicted molar refractivity (Wildman–Crippen MR) is 109 cm³/mol. The Balaban J connectivity index is 0.000000192. The van der Waals surface area contributed by atoms with Crippen LogP contribution in [0.25, 0.3) is 10.9 Å². The summed E-state index contributed by atoms with van der Waals surface area (Å²) in [7, 11) is 0. The van der Waals surface area contributed by atoms with Crippen LogP contribution < -0.4 is 17.0 Å². The van der Waals surface area contributed by atoms with Crippen molar-refractivity contribution in [3.05, 3.63) is 51.3 Å². The second-order valence-corrected chi connectivity index (χ2v) is 6.81. The standard InChI is InChI=1S/C14H15ClN2O.C5H5N5/c1-2-12-16-11-8-4-7-10(15)13(11)14(18)17(12)9-5-3-6-9;6-1-3-4(7)9-2-10-5(3)8/h4,7-9H,2-3,5-6H2,1H3;2H,(H4,7,8,9,10). The van der Waals surface area contributed by atoms with Gasteiger partial charge in [-0.15, -0.1) is 0 Å². The minimum atomic E-state index is 0.0205. The van der Waals surface area contributed by atoms with Crippen molar-refractivity contribution < 1.29 is 0 Å². The van der Waals surface area contributed by atoms with E-state index >= 15 is 0 Å². The molecule has 144 valence electrons. The van der Waals surface area contributed by atoms with E-state index in [9.17, 15) is 4.79 Å². The molecule has 1 fully saturated rings. The van der Waals surface area contributed by atoms with Crippen molar-refractivity contribution in [3.63, 3.8) is 0 Å². The number of nitriles is 1. The van der Waals surface area contributed by atoms with Crippen LogP contribution in [0.1, 0.15) is 43.6 Å². The largest absolute Gasteiger partial charge is 0.382 e. The van der Waals surface area contributed by atoms with Crippen molar-refractivity contribution >= 4 is 34.1 Å². The van der Waals surface area contributed by atoms with E-state index in [0.29, 0.717) is 22.0 Å². The van der Waals surface area contributed by atoms with Crippen LogP contribution in [0.3, 0.4) is 0 Å². The van der Waals surface area contributed by atoms with Crippen LogP contribution >= 0.6 is 11.6 Å². The Labute approximate surface area is 166 Å². The molecule has 4 N–H and O–H groups in total. The highest BCUT2D eigenvalue weighted by molar-refractivity contribution is 6.35. The Morgan fingerprint density at radius 3 is 2.46 bits per heavy atom. The van der Waals surface area contributed by atoms with Gasteiger partial charge in [-0.3, -0.25) is 9.36 Å². The number of halogens is 1. The second kappa shape index (κ2) is 8.23. The number of anilines is 2. The molecule has 28 heavy (non-hydrogen) atoms. The summed E-state index contributed by atoms with van der Waals surface area (Å²) >= 11 is 6.14. The predicted octanol–water partition coefficient (Wildman–Crippen LogP) is 2.85. The van der Waals surface area contributed by atoms with Crippen LogP contribution in [-0.2, 0) is 6.42 Å². The van der Waals surface area contributed by atoms with Gasteiger partial charge in [0.2, 0.25) is 0 Å². The summed E-state index contributed by atoms with van der Waals surface area (Å²) in [5, 5.41) is 9.47. The van der Waals surface area contributed by atoms with Crippen LogP contribution in [-0.4, -0.2) is 19.5 Å². The van der Waals surface area contributed by atoms with Crippen molar-refractivity contribution in [2.24, 2.45) is 0 Å². The zero-order chi connectivity index (χ0) is 20.3. The molecule has 3 aromatic rings. The third kappa shape index (κ3) is 3.62. The second-order valence-electron chi connectivity index (χ2n) is 6.41. The summed E-state index contributed by atoms with van der Waals surface area (Å²) < 4.78 is 1.86. The topological polar surface area (TPSA) is 136 Å². The first-order valence-electron chi connectivity index (χ1n) is 8.93. The first-order chi connectivity index (χ1) is 13.5. The molecule has 8 nitrogen and oxygen atoms in total. The van der Waals surface area contributed by atoms with Crippen molar-refractivity contribution in [1.29, 1.82) is 5.26 Å². The molecule has 0 atom stereocenters. The van der Waals surface area contributed by atoms with Gasteiger partial charge in [0.1, 0.15) is 35.4 Å². The van der Waals surface area contributed by atoms with E-state index in [1.54, 1.807) is 12.1 Å². The van der Waals surface area contributed by atoms with Crippen LogP contribution in [0.4, 0.5) is 11.6 Å². The first-order valence-corrected chi connectivity index (χ1v) is 9.31. The number of hydrogen-bond acceptors (Lipinski definition) is 7. The SMILES string of the molecule is CCc1nc2cccc(Cl)c2c(=O)n1C1CCC1.N#Cc1c(N)ncnc1N. The summed E-state index contributed by atoms with van der Waals surface area (Å²) in [5.41, 5.74) is 11.4. The van der Waals surface area contributed by atoms with Gasteiger partial charge < -0.3 is 11.5 Å². The van der Waals surface area contributed by atoms with E-state index in [1.807, 2.05) is 23.6 Å². The Morgan fingerprint density at radius 2 is 1.96 bits per heavy atom. The Bertz CT molecular complexity index is 1100. The minimum Gasteiger partial charge on any atom is -0.382 e. The molecule has 9 heteroatoms. The molecule has 2 aromatic heterocycles. The van der Waals surface area contributed by atoms with E-state index < -0.39 is 0 Å². The lowest BCUT2D eigenvalue weighted by molar-refractivity contribution is 0.297. The Morgan fingerprint density at radius 1 is 1.29 bits per heavy atom. The molecule has 0 unspecified atom stereocenters.